The van der Waals surface area contributed by atoms with Crippen LogP contribution in [0.25, 0.3) is 0 Å². The summed E-state index contributed by atoms with van der Waals surface area (Å²) >= 11 is 0. The van der Waals surface area contributed by atoms with Gasteiger partial charge in [0.25, 0.3) is 0 Å². The molecule has 1 atom stereocenters. The molecule has 1 unspecified atom stereocenters. The number of aryl methyl sites for hydroxylation is 1. The molecule has 1 aromatic carbocycles. The molecule has 1 saturated carbocycles. The molecule has 3 rings (SSSR count). The Morgan fingerprint density at radius 3 is 2.85 bits per heavy atom. The third-order valence-electron chi connectivity index (χ3n) is 4.98. The summed E-state index contributed by atoms with van der Waals surface area (Å²) in [5.74, 6) is 2.06. The summed E-state index contributed by atoms with van der Waals surface area (Å²) in [6, 6.07) is 7.14. The monoisotopic (exact) mass is 273 g/mol. The molecular formula is C18H27NO. The van der Waals surface area contributed by atoms with Crippen molar-refractivity contribution < 1.29 is 4.74 Å². The largest absolute Gasteiger partial charge is 0.493 e. The van der Waals surface area contributed by atoms with E-state index in [1.807, 2.05) is 0 Å². The number of para-hydroxylation sites is 1. The number of hydrogen-bond donors (Lipinski definition) is 1. The third kappa shape index (κ3) is 3.01. The maximum Gasteiger partial charge on any atom is 0.127 e. The highest BCUT2D eigenvalue weighted by Crippen LogP contribution is 2.37. The number of fused-ring (bicyclic) bond motifs is 1. The molecule has 1 aliphatic carbocycles. The number of hydrogen-bond acceptors (Lipinski definition) is 2. The van der Waals surface area contributed by atoms with Gasteiger partial charge in [-0.15, -0.1) is 0 Å². The standard InChI is InChI=1S/C18H27NO/c1-19-17(13-14-7-3-2-4-8-14)16-11-5-9-15-10-6-12-20-18(15)16/h5,9,11,14,17,19H,2-4,6-8,10,12-13H2,1H3. The lowest BCUT2D eigenvalue weighted by Crippen LogP contribution is -2.23. The zero-order valence-corrected chi connectivity index (χ0v) is 12.7. The predicted molar refractivity (Wildman–Crippen MR) is 83.3 cm³/mol. The van der Waals surface area contributed by atoms with E-state index in [2.05, 4.69) is 30.6 Å². The minimum absolute atomic E-state index is 0.450. The average Bonchev–Trinajstić information content (AvgIpc) is 2.53. The first kappa shape index (κ1) is 13.9. The number of ether oxygens (including phenoxy) is 1. The van der Waals surface area contributed by atoms with E-state index in [0.717, 1.165) is 18.9 Å². The minimum atomic E-state index is 0.450. The van der Waals surface area contributed by atoms with Gasteiger partial charge in [-0.1, -0.05) is 50.3 Å². The van der Waals surface area contributed by atoms with Crippen LogP contribution in [0.15, 0.2) is 18.2 Å². The second-order valence-electron chi connectivity index (χ2n) is 6.37. The Morgan fingerprint density at radius 1 is 1.20 bits per heavy atom. The molecule has 1 aromatic rings. The molecular weight excluding hydrogens is 246 g/mol. The molecule has 1 heterocycles. The fourth-order valence-corrected chi connectivity index (χ4v) is 3.85. The van der Waals surface area contributed by atoms with Crippen molar-refractivity contribution in [2.45, 2.75) is 57.4 Å². The Kier molecular flexibility index (Phi) is 4.62. The van der Waals surface area contributed by atoms with Crippen LogP contribution in [-0.4, -0.2) is 13.7 Å². The van der Waals surface area contributed by atoms with Gasteiger partial charge in [0.2, 0.25) is 0 Å². The van der Waals surface area contributed by atoms with Gasteiger partial charge < -0.3 is 10.1 Å². The Bertz CT molecular complexity index is 437. The second kappa shape index (κ2) is 6.62. The van der Waals surface area contributed by atoms with Crippen molar-refractivity contribution in [1.82, 2.24) is 5.32 Å². The topological polar surface area (TPSA) is 21.3 Å². The molecule has 0 amide bonds. The van der Waals surface area contributed by atoms with E-state index < -0.39 is 0 Å². The Hall–Kier alpha value is -1.02. The third-order valence-corrected chi connectivity index (χ3v) is 4.98. The van der Waals surface area contributed by atoms with Crippen LogP contribution in [0.2, 0.25) is 0 Å². The molecule has 1 fully saturated rings. The molecule has 110 valence electrons. The minimum Gasteiger partial charge on any atom is -0.493 e. The first-order valence-electron chi connectivity index (χ1n) is 8.30. The van der Waals surface area contributed by atoms with Crippen molar-refractivity contribution in [3.05, 3.63) is 29.3 Å². The summed E-state index contributed by atoms with van der Waals surface area (Å²) in [5.41, 5.74) is 2.79. The molecule has 0 bridgehead atoms. The first-order chi connectivity index (χ1) is 9.88. The maximum atomic E-state index is 5.99. The van der Waals surface area contributed by atoms with E-state index >= 15 is 0 Å². The maximum absolute atomic E-state index is 5.99. The lowest BCUT2D eigenvalue weighted by atomic mass is 9.83. The van der Waals surface area contributed by atoms with E-state index in [0.29, 0.717) is 6.04 Å². The average molecular weight is 273 g/mol. The second-order valence-corrected chi connectivity index (χ2v) is 6.37. The van der Waals surface area contributed by atoms with Crippen LogP contribution in [0.4, 0.5) is 0 Å². The van der Waals surface area contributed by atoms with Gasteiger partial charge >= 0.3 is 0 Å². The fraction of sp³-hybridized carbons (Fsp3) is 0.667. The van der Waals surface area contributed by atoms with Crippen molar-refractivity contribution in [3.8, 4) is 5.75 Å². The summed E-state index contributed by atoms with van der Waals surface area (Å²) in [6.45, 7) is 0.879. The van der Waals surface area contributed by atoms with Crippen LogP contribution in [0.5, 0.6) is 5.75 Å². The van der Waals surface area contributed by atoms with Gasteiger partial charge in [-0.3, -0.25) is 0 Å². The highest BCUT2D eigenvalue weighted by atomic mass is 16.5. The zero-order chi connectivity index (χ0) is 13.8. The van der Waals surface area contributed by atoms with Crippen molar-refractivity contribution in [3.63, 3.8) is 0 Å². The molecule has 0 radical (unpaired) electrons. The number of benzene rings is 1. The van der Waals surface area contributed by atoms with Gasteiger partial charge in [-0.2, -0.15) is 0 Å². The van der Waals surface area contributed by atoms with Gasteiger partial charge in [0.05, 0.1) is 6.61 Å². The Labute approximate surface area is 122 Å². The van der Waals surface area contributed by atoms with Gasteiger partial charge in [-0.05, 0) is 37.8 Å². The molecule has 0 saturated heterocycles. The van der Waals surface area contributed by atoms with E-state index in [-0.39, 0.29) is 0 Å². The van der Waals surface area contributed by atoms with Crippen LogP contribution < -0.4 is 10.1 Å². The highest BCUT2D eigenvalue weighted by molar-refractivity contribution is 5.44. The van der Waals surface area contributed by atoms with Crippen molar-refractivity contribution in [1.29, 1.82) is 0 Å². The SMILES string of the molecule is CNC(CC1CCCCC1)c1cccc2c1OCCC2. The van der Waals surface area contributed by atoms with Crippen LogP contribution in [0.3, 0.4) is 0 Å². The predicted octanol–water partition coefficient (Wildman–Crippen LogP) is 4.24. The van der Waals surface area contributed by atoms with Crippen molar-refractivity contribution in [2.75, 3.05) is 13.7 Å². The zero-order valence-electron chi connectivity index (χ0n) is 12.7. The summed E-state index contributed by atoms with van der Waals surface area (Å²) in [6.07, 6.45) is 10.7. The fourth-order valence-electron chi connectivity index (χ4n) is 3.85. The quantitative estimate of drug-likeness (QED) is 0.886. The van der Waals surface area contributed by atoms with Gasteiger partial charge in [0.15, 0.2) is 0 Å². The first-order valence-corrected chi connectivity index (χ1v) is 8.30. The van der Waals surface area contributed by atoms with E-state index in [1.165, 1.54) is 61.8 Å². The molecule has 0 aromatic heterocycles. The highest BCUT2D eigenvalue weighted by Gasteiger charge is 2.23. The molecule has 2 aliphatic rings. The molecule has 2 nitrogen and oxygen atoms in total. The number of nitrogens with one attached hydrogen (secondary N) is 1. The Morgan fingerprint density at radius 2 is 2.05 bits per heavy atom. The molecule has 1 aliphatic heterocycles. The Balaban J connectivity index is 1.78. The van der Waals surface area contributed by atoms with Crippen molar-refractivity contribution >= 4 is 0 Å². The molecule has 1 N–H and O–H groups in total. The normalized spacial score (nSPS) is 21.1. The van der Waals surface area contributed by atoms with Gasteiger partial charge in [0.1, 0.15) is 5.75 Å². The lowest BCUT2D eigenvalue weighted by Gasteiger charge is -2.29. The van der Waals surface area contributed by atoms with Crippen LogP contribution >= 0.6 is 0 Å². The van der Waals surface area contributed by atoms with Gasteiger partial charge in [-0.25, -0.2) is 0 Å². The summed E-state index contributed by atoms with van der Waals surface area (Å²) in [5, 5.41) is 3.54. The summed E-state index contributed by atoms with van der Waals surface area (Å²) in [7, 11) is 2.09. The van der Waals surface area contributed by atoms with E-state index in [1.54, 1.807) is 0 Å². The van der Waals surface area contributed by atoms with Crippen molar-refractivity contribution in [2.24, 2.45) is 5.92 Å². The van der Waals surface area contributed by atoms with Crippen LogP contribution in [0, 0.1) is 5.92 Å². The number of rotatable bonds is 4. The van der Waals surface area contributed by atoms with E-state index in [4.69, 9.17) is 4.74 Å². The van der Waals surface area contributed by atoms with E-state index in [9.17, 15) is 0 Å². The summed E-state index contributed by atoms with van der Waals surface area (Å²) < 4.78 is 5.99. The molecule has 20 heavy (non-hydrogen) atoms. The van der Waals surface area contributed by atoms with Crippen LogP contribution in [-0.2, 0) is 6.42 Å². The van der Waals surface area contributed by atoms with Gasteiger partial charge in [0, 0.05) is 11.6 Å². The molecule has 0 spiro atoms. The smallest absolute Gasteiger partial charge is 0.127 e. The van der Waals surface area contributed by atoms with Crippen LogP contribution in [0.1, 0.15) is 62.1 Å². The molecule has 2 heteroatoms. The lowest BCUT2D eigenvalue weighted by molar-refractivity contribution is 0.271. The summed E-state index contributed by atoms with van der Waals surface area (Å²) in [4.78, 5) is 0.